The van der Waals surface area contributed by atoms with Crippen molar-refractivity contribution in [3.05, 3.63) is 24.3 Å². The molecule has 3 rings (SSSR count). The molecule has 108 valence electrons. The van der Waals surface area contributed by atoms with Crippen molar-refractivity contribution < 1.29 is 9.53 Å². The fourth-order valence-electron chi connectivity index (χ4n) is 2.08. The van der Waals surface area contributed by atoms with Gasteiger partial charge in [-0.05, 0) is 12.1 Å². The van der Waals surface area contributed by atoms with Crippen molar-refractivity contribution in [2.45, 2.75) is 0 Å². The van der Waals surface area contributed by atoms with Gasteiger partial charge < -0.3 is 15.4 Å². The molecule has 1 amide bonds. The second-order valence-corrected chi connectivity index (χ2v) is 4.35. The van der Waals surface area contributed by atoms with Crippen molar-refractivity contribution in [2.75, 3.05) is 36.2 Å². The van der Waals surface area contributed by atoms with Crippen molar-refractivity contribution >= 4 is 29.2 Å². The summed E-state index contributed by atoms with van der Waals surface area (Å²) < 4.78 is 5.07. The summed E-state index contributed by atoms with van der Waals surface area (Å²) in [7, 11) is 3.19. The van der Waals surface area contributed by atoms with E-state index in [2.05, 4.69) is 25.6 Å². The molecule has 1 aliphatic heterocycles. The molecule has 0 saturated heterocycles. The minimum atomic E-state index is -0.126. The maximum absolute atomic E-state index is 11.8. The van der Waals surface area contributed by atoms with Crippen LogP contribution in [0.3, 0.4) is 0 Å². The molecule has 0 radical (unpaired) electrons. The number of hydrogen-bond acceptors (Lipinski definition) is 7. The topological polar surface area (TPSA) is 92.3 Å². The standard InChI is InChI=1S/C13H14N6O2/c1-14-11-16-12(18-13(17-11)21-2)19-7-10(20)15-8-5-3-4-6-9(8)19/h3-6H,7H2,1-2H3,(H,15,20)(H,14,16,17,18). The predicted molar refractivity (Wildman–Crippen MR) is 78.0 cm³/mol. The number of nitrogens with zero attached hydrogens (tertiary/aromatic N) is 4. The van der Waals surface area contributed by atoms with E-state index in [1.807, 2.05) is 24.3 Å². The molecule has 1 aromatic heterocycles. The molecule has 2 heterocycles. The average Bonchev–Trinajstić information content (AvgIpc) is 2.53. The second-order valence-electron chi connectivity index (χ2n) is 4.35. The summed E-state index contributed by atoms with van der Waals surface area (Å²) >= 11 is 0. The minimum absolute atomic E-state index is 0.126. The number of carbonyl (C=O) groups excluding carboxylic acids is 1. The highest BCUT2D eigenvalue weighted by Crippen LogP contribution is 2.33. The fourth-order valence-corrected chi connectivity index (χ4v) is 2.08. The Kier molecular flexibility index (Phi) is 3.27. The smallest absolute Gasteiger partial charge is 0.322 e. The first-order valence-corrected chi connectivity index (χ1v) is 6.35. The summed E-state index contributed by atoms with van der Waals surface area (Å²) in [5.41, 5.74) is 1.55. The number of benzene rings is 1. The van der Waals surface area contributed by atoms with Crippen LogP contribution in [0.5, 0.6) is 6.01 Å². The van der Waals surface area contributed by atoms with E-state index < -0.39 is 0 Å². The number of hydrogen-bond donors (Lipinski definition) is 2. The number of nitrogens with one attached hydrogen (secondary N) is 2. The number of ether oxygens (including phenoxy) is 1. The van der Waals surface area contributed by atoms with Crippen LogP contribution in [-0.4, -0.2) is 41.6 Å². The van der Waals surface area contributed by atoms with E-state index >= 15 is 0 Å². The Labute approximate surface area is 121 Å². The normalized spacial score (nSPS) is 13.4. The van der Waals surface area contributed by atoms with Gasteiger partial charge in [-0.2, -0.15) is 15.0 Å². The van der Waals surface area contributed by atoms with E-state index in [0.717, 1.165) is 11.4 Å². The molecule has 8 heteroatoms. The third-order valence-corrected chi connectivity index (χ3v) is 3.02. The summed E-state index contributed by atoms with van der Waals surface area (Å²) in [6.07, 6.45) is 0. The van der Waals surface area contributed by atoms with Gasteiger partial charge >= 0.3 is 6.01 Å². The number of rotatable bonds is 3. The van der Waals surface area contributed by atoms with Gasteiger partial charge in [-0.3, -0.25) is 9.69 Å². The highest BCUT2D eigenvalue weighted by Gasteiger charge is 2.25. The molecule has 0 bridgehead atoms. The number of fused-ring (bicyclic) bond motifs is 1. The van der Waals surface area contributed by atoms with E-state index in [1.165, 1.54) is 7.11 Å². The highest BCUT2D eigenvalue weighted by molar-refractivity contribution is 6.02. The van der Waals surface area contributed by atoms with Crippen LogP contribution < -0.4 is 20.3 Å². The van der Waals surface area contributed by atoms with Crippen molar-refractivity contribution in [3.8, 4) is 6.01 Å². The Morgan fingerprint density at radius 3 is 2.86 bits per heavy atom. The van der Waals surface area contributed by atoms with Gasteiger partial charge in [0.15, 0.2) is 0 Å². The molecule has 0 unspecified atom stereocenters. The van der Waals surface area contributed by atoms with Gasteiger partial charge in [0.2, 0.25) is 17.8 Å². The van der Waals surface area contributed by atoms with E-state index in [9.17, 15) is 4.79 Å². The van der Waals surface area contributed by atoms with Crippen LogP contribution in [0.1, 0.15) is 0 Å². The molecule has 0 atom stereocenters. The second kappa shape index (κ2) is 5.23. The fraction of sp³-hybridized carbons (Fsp3) is 0.231. The number of methoxy groups -OCH3 is 1. The van der Waals surface area contributed by atoms with Gasteiger partial charge in [-0.1, -0.05) is 12.1 Å². The third-order valence-electron chi connectivity index (χ3n) is 3.02. The molecular formula is C13H14N6O2. The molecule has 2 N–H and O–H groups in total. The average molecular weight is 286 g/mol. The lowest BCUT2D eigenvalue weighted by atomic mass is 10.2. The van der Waals surface area contributed by atoms with Crippen LogP contribution in [0.2, 0.25) is 0 Å². The van der Waals surface area contributed by atoms with E-state index in [1.54, 1.807) is 11.9 Å². The lowest BCUT2D eigenvalue weighted by Gasteiger charge is -2.29. The Morgan fingerprint density at radius 1 is 1.29 bits per heavy atom. The Hall–Kier alpha value is -2.90. The number of amides is 1. The number of para-hydroxylation sites is 2. The Morgan fingerprint density at radius 2 is 2.10 bits per heavy atom. The van der Waals surface area contributed by atoms with Crippen LogP contribution in [0.25, 0.3) is 0 Å². The van der Waals surface area contributed by atoms with Crippen LogP contribution in [-0.2, 0) is 4.79 Å². The van der Waals surface area contributed by atoms with Gasteiger partial charge in [0.1, 0.15) is 6.54 Å². The molecule has 1 aromatic carbocycles. The molecule has 21 heavy (non-hydrogen) atoms. The van der Waals surface area contributed by atoms with Gasteiger partial charge in [0.05, 0.1) is 18.5 Å². The first-order chi connectivity index (χ1) is 10.2. The summed E-state index contributed by atoms with van der Waals surface area (Å²) in [6.45, 7) is 0.132. The van der Waals surface area contributed by atoms with Crippen molar-refractivity contribution in [1.82, 2.24) is 15.0 Å². The molecule has 1 aliphatic rings. The Bertz CT molecular complexity index is 668. The maximum atomic E-state index is 11.8. The summed E-state index contributed by atoms with van der Waals surface area (Å²) in [5.74, 6) is 0.605. The number of carbonyl (C=O) groups is 1. The summed E-state index contributed by atoms with van der Waals surface area (Å²) in [4.78, 5) is 26.1. The van der Waals surface area contributed by atoms with Gasteiger partial charge in [0, 0.05) is 7.05 Å². The largest absolute Gasteiger partial charge is 0.467 e. The van der Waals surface area contributed by atoms with Crippen molar-refractivity contribution in [1.29, 1.82) is 0 Å². The molecular weight excluding hydrogens is 272 g/mol. The third kappa shape index (κ3) is 2.42. The molecule has 0 spiro atoms. The molecule has 0 aliphatic carbocycles. The quantitative estimate of drug-likeness (QED) is 0.870. The summed E-state index contributed by atoms with van der Waals surface area (Å²) in [5, 5.41) is 5.67. The zero-order chi connectivity index (χ0) is 14.8. The molecule has 2 aromatic rings. The van der Waals surface area contributed by atoms with Gasteiger partial charge in [-0.25, -0.2) is 0 Å². The van der Waals surface area contributed by atoms with Crippen LogP contribution in [0.4, 0.5) is 23.3 Å². The molecule has 0 saturated carbocycles. The predicted octanol–water partition coefficient (Wildman–Crippen LogP) is 1.01. The van der Waals surface area contributed by atoms with E-state index in [4.69, 9.17) is 4.74 Å². The maximum Gasteiger partial charge on any atom is 0.322 e. The lowest BCUT2D eigenvalue weighted by molar-refractivity contribution is -0.115. The number of aromatic nitrogens is 3. The van der Waals surface area contributed by atoms with E-state index in [-0.39, 0.29) is 18.5 Å². The lowest BCUT2D eigenvalue weighted by Crippen LogP contribution is -2.36. The summed E-state index contributed by atoms with van der Waals surface area (Å²) in [6, 6.07) is 7.66. The van der Waals surface area contributed by atoms with E-state index in [0.29, 0.717) is 11.9 Å². The van der Waals surface area contributed by atoms with Crippen molar-refractivity contribution in [2.24, 2.45) is 0 Å². The SMILES string of the molecule is CNc1nc(OC)nc(N2CC(=O)Nc3ccccc32)n1. The van der Waals surface area contributed by atoms with Gasteiger partial charge in [0.25, 0.3) is 0 Å². The van der Waals surface area contributed by atoms with Crippen LogP contribution >= 0.6 is 0 Å². The molecule has 0 fully saturated rings. The van der Waals surface area contributed by atoms with Crippen molar-refractivity contribution in [3.63, 3.8) is 0 Å². The zero-order valence-corrected chi connectivity index (χ0v) is 11.6. The van der Waals surface area contributed by atoms with Crippen LogP contribution in [0, 0.1) is 0 Å². The first-order valence-electron chi connectivity index (χ1n) is 6.35. The molecule has 8 nitrogen and oxygen atoms in total. The first kappa shape index (κ1) is 13.1. The number of anilines is 4. The zero-order valence-electron chi connectivity index (χ0n) is 11.6. The minimum Gasteiger partial charge on any atom is -0.467 e. The van der Waals surface area contributed by atoms with Crippen LogP contribution in [0.15, 0.2) is 24.3 Å². The van der Waals surface area contributed by atoms with Gasteiger partial charge in [-0.15, -0.1) is 0 Å². The Balaban J connectivity index is 2.10. The highest BCUT2D eigenvalue weighted by atomic mass is 16.5. The monoisotopic (exact) mass is 286 g/mol.